The van der Waals surface area contributed by atoms with Crippen molar-refractivity contribution in [3.8, 4) is 0 Å². The summed E-state index contributed by atoms with van der Waals surface area (Å²) >= 11 is 7.49. The predicted molar refractivity (Wildman–Crippen MR) is 42.0 cm³/mol. The van der Waals surface area contributed by atoms with Gasteiger partial charge in [-0.15, -0.1) is 0 Å². The van der Waals surface area contributed by atoms with Crippen LogP contribution in [-0.2, 0) is 4.79 Å². The molecule has 0 unspecified atom stereocenters. The van der Waals surface area contributed by atoms with Crippen LogP contribution >= 0.6 is 25.3 Å². The first kappa shape index (κ1) is 9.13. The fourth-order valence-corrected chi connectivity index (χ4v) is 0.566. The van der Waals surface area contributed by atoms with E-state index in [1.165, 1.54) is 0 Å². The maximum absolute atomic E-state index is 10.2. The molecule has 0 aliphatic heterocycles. The normalized spacial score (nSPS) is 11.4. The Hall–Kier alpha value is 0.130. The maximum atomic E-state index is 10.2. The summed E-state index contributed by atoms with van der Waals surface area (Å²) in [5, 5.41) is 8.36. The summed E-state index contributed by atoms with van der Waals surface area (Å²) in [6.07, 6.45) is 0.258. The van der Waals surface area contributed by atoms with Crippen molar-refractivity contribution in [1.29, 1.82) is 0 Å². The molecule has 0 saturated heterocycles. The Morgan fingerprint density at radius 2 is 2.11 bits per heavy atom. The third kappa shape index (κ3) is 2.98. The van der Waals surface area contributed by atoms with Crippen molar-refractivity contribution in [3.05, 3.63) is 0 Å². The van der Waals surface area contributed by atoms with Gasteiger partial charge in [0.05, 0.1) is 0 Å². The number of carboxylic acid groups (broad SMARTS) is 1. The quantitative estimate of drug-likeness (QED) is 0.353. The highest BCUT2D eigenvalue weighted by atomic mass is 32.2. The molecule has 0 aliphatic rings. The average Bonchev–Trinajstić information content (AvgIpc) is 1.65. The Bertz CT molecular complexity index is 115. The Balaban J connectivity index is 3.85. The van der Waals surface area contributed by atoms with Gasteiger partial charge in [0, 0.05) is 0 Å². The number of nitrogens with two attached hydrogens (primary N) is 1. The average molecular weight is 167 g/mol. The van der Waals surface area contributed by atoms with Crippen LogP contribution in [0.3, 0.4) is 0 Å². The number of rotatable bonds is 3. The summed E-state index contributed by atoms with van der Waals surface area (Å²) in [5.41, 5.74) is 5.09. The Morgan fingerprint density at radius 1 is 1.67 bits per heavy atom. The molecule has 0 aromatic rings. The zero-order valence-electron chi connectivity index (χ0n) is 4.74. The van der Waals surface area contributed by atoms with Gasteiger partial charge in [0.1, 0.15) is 0 Å². The number of thiol groups is 2. The van der Waals surface area contributed by atoms with Gasteiger partial charge in [0.15, 0.2) is 4.08 Å². The zero-order chi connectivity index (χ0) is 7.49. The van der Waals surface area contributed by atoms with Crippen molar-refractivity contribution < 1.29 is 9.90 Å². The van der Waals surface area contributed by atoms with E-state index in [0.717, 1.165) is 0 Å². The Morgan fingerprint density at radius 3 is 2.22 bits per heavy atom. The number of carbonyl (C=O) groups is 1. The molecule has 3 N–H and O–H groups in total. The number of hydrogen-bond donors (Lipinski definition) is 4. The van der Waals surface area contributed by atoms with Crippen LogP contribution in [0.5, 0.6) is 0 Å². The van der Waals surface area contributed by atoms with E-state index in [9.17, 15) is 4.79 Å². The Kier molecular flexibility index (Phi) is 3.38. The fourth-order valence-electron chi connectivity index (χ4n) is 0.308. The van der Waals surface area contributed by atoms with E-state index in [1.54, 1.807) is 0 Å². The van der Waals surface area contributed by atoms with Gasteiger partial charge in [0.25, 0.3) is 0 Å². The van der Waals surface area contributed by atoms with Gasteiger partial charge in [-0.1, -0.05) is 0 Å². The van der Waals surface area contributed by atoms with Crippen LogP contribution in [0.1, 0.15) is 6.42 Å². The molecule has 5 heteroatoms. The second-order valence-corrected chi connectivity index (χ2v) is 3.54. The van der Waals surface area contributed by atoms with Gasteiger partial charge in [-0.3, -0.25) is 0 Å². The van der Waals surface area contributed by atoms with Crippen LogP contribution in [0.25, 0.3) is 0 Å². The SMILES string of the molecule is NCCC(S)(S)C(=O)O. The molecule has 0 amide bonds. The van der Waals surface area contributed by atoms with Gasteiger partial charge >= 0.3 is 5.97 Å². The molecular formula is C4H9NO2S2. The van der Waals surface area contributed by atoms with Gasteiger partial charge in [0.2, 0.25) is 0 Å². The lowest BCUT2D eigenvalue weighted by Crippen LogP contribution is -2.28. The zero-order valence-corrected chi connectivity index (χ0v) is 6.53. The van der Waals surface area contributed by atoms with Crippen LogP contribution in [0, 0.1) is 0 Å². The predicted octanol–water partition coefficient (Wildman–Crippen LogP) is -0.0243. The van der Waals surface area contributed by atoms with E-state index in [1.807, 2.05) is 0 Å². The minimum Gasteiger partial charge on any atom is -0.480 e. The fraction of sp³-hybridized carbons (Fsp3) is 0.750. The minimum absolute atomic E-state index is 0.258. The van der Waals surface area contributed by atoms with Crippen molar-refractivity contribution in [2.24, 2.45) is 5.73 Å². The van der Waals surface area contributed by atoms with Crippen LogP contribution in [0.15, 0.2) is 0 Å². The first-order valence-electron chi connectivity index (χ1n) is 2.39. The van der Waals surface area contributed by atoms with Crippen molar-refractivity contribution in [2.45, 2.75) is 10.5 Å². The van der Waals surface area contributed by atoms with Crippen molar-refractivity contribution in [3.63, 3.8) is 0 Å². The molecular weight excluding hydrogens is 158 g/mol. The van der Waals surface area contributed by atoms with E-state index in [0.29, 0.717) is 0 Å². The molecule has 0 heterocycles. The van der Waals surface area contributed by atoms with Crippen LogP contribution in [-0.4, -0.2) is 21.7 Å². The molecule has 0 spiro atoms. The van der Waals surface area contributed by atoms with Gasteiger partial charge in [-0.25, -0.2) is 4.79 Å². The van der Waals surface area contributed by atoms with Crippen LogP contribution in [0.4, 0.5) is 0 Å². The molecule has 0 fully saturated rings. The molecule has 0 aromatic heterocycles. The highest BCUT2D eigenvalue weighted by Crippen LogP contribution is 2.22. The van der Waals surface area contributed by atoms with E-state index < -0.39 is 10.0 Å². The van der Waals surface area contributed by atoms with Gasteiger partial charge < -0.3 is 10.8 Å². The lowest BCUT2D eigenvalue weighted by molar-refractivity contribution is -0.137. The highest BCUT2D eigenvalue weighted by molar-refractivity contribution is 8.01. The third-order valence-electron chi connectivity index (χ3n) is 0.835. The minimum atomic E-state index is -1.27. The van der Waals surface area contributed by atoms with Crippen LogP contribution < -0.4 is 5.73 Å². The summed E-state index contributed by atoms with van der Waals surface area (Å²) in [5.74, 6) is -1.06. The lowest BCUT2D eigenvalue weighted by Gasteiger charge is -2.14. The van der Waals surface area contributed by atoms with Crippen LogP contribution in [0.2, 0.25) is 0 Å². The number of hydrogen-bond acceptors (Lipinski definition) is 4. The molecule has 0 aromatic carbocycles. The topological polar surface area (TPSA) is 63.3 Å². The lowest BCUT2D eigenvalue weighted by atomic mass is 10.3. The number of aliphatic carboxylic acids is 1. The molecule has 9 heavy (non-hydrogen) atoms. The molecule has 0 aliphatic carbocycles. The van der Waals surface area contributed by atoms with Crippen molar-refractivity contribution >= 4 is 31.2 Å². The van der Waals surface area contributed by atoms with E-state index in [-0.39, 0.29) is 13.0 Å². The summed E-state index contributed by atoms with van der Waals surface area (Å²) in [6, 6.07) is 0. The highest BCUT2D eigenvalue weighted by Gasteiger charge is 2.28. The summed E-state index contributed by atoms with van der Waals surface area (Å²) in [6.45, 7) is 0.277. The summed E-state index contributed by atoms with van der Waals surface area (Å²) in [7, 11) is 0. The van der Waals surface area contributed by atoms with E-state index in [2.05, 4.69) is 25.3 Å². The number of carboxylic acids is 1. The maximum Gasteiger partial charge on any atom is 0.329 e. The second kappa shape index (κ2) is 3.34. The van der Waals surface area contributed by atoms with Gasteiger partial charge in [-0.05, 0) is 13.0 Å². The molecule has 0 bridgehead atoms. The van der Waals surface area contributed by atoms with E-state index in [4.69, 9.17) is 10.8 Å². The summed E-state index contributed by atoms with van der Waals surface area (Å²) in [4.78, 5) is 10.2. The molecule has 3 nitrogen and oxygen atoms in total. The third-order valence-corrected chi connectivity index (χ3v) is 1.67. The van der Waals surface area contributed by atoms with Crippen molar-refractivity contribution in [1.82, 2.24) is 0 Å². The van der Waals surface area contributed by atoms with E-state index >= 15 is 0 Å². The smallest absolute Gasteiger partial charge is 0.329 e. The molecule has 0 saturated carbocycles. The molecule has 0 radical (unpaired) electrons. The Labute approximate surface area is 64.4 Å². The summed E-state index contributed by atoms with van der Waals surface area (Å²) < 4.78 is -1.27. The first-order valence-corrected chi connectivity index (χ1v) is 3.28. The first-order chi connectivity index (χ1) is 4.00. The largest absolute Gasteiger partial charge is 0.480 e. The molecule has 0 rings (SSSR count). The standard InChI is InChI=1S/C4H9NO2S2/c5-2-1-4(8,9)3(6)7/h8-9H,1-2,5H2,(H,6,7). The van der Waals surface area contributed by atoms with Gasteiger partial charge in [-0.2, -0.15) is 25.3 Å². The van der Waals surface area contributed by atoms with Crippen molar-refractivity contribution in [2.75, 3.05) is 6.54 Å². The molecule has 0 atom stereocenters. The second-order valence-electron chi connectivity index (χ2n) is 1.66. The monoisotopic (exact) mass is 167 g/mol. The molecule has 54 valence electrons.